The summed E-state index contributed by atoms with van der Waals surface area (Å²) in [7, 11) is 0. The van der Waals surface area contributed by atoms with Crippen LogP contribution in [-0.2, 0) is 11.2 Å². The maximum Gasteiger partial charge on any atom is 0.277 e. The smallest absolute Gasteiger partial charge is 0.277 e. The first kappa shape index (κ1) is 18.5. The van der Waals surface area contributed by atoms with Crippen LogP contribution >= 0.6 is 0 Å². The molecule has 27 heavy (non-hydrogen) atoms. The molecule has 0 atom stereocenters. The minimum absolute atomic E-state index is 0.0890. The van der Waals surface area contributed by atoms with Crippen LogP contribution in [0.15, 0.2) is 65.8 Å². The van der Waals surface area contributed by atoms with Gasteiger partial charge in [0.15, 0.2) is 6.61 Å². The summed E-state index contributed by atoms with van der Waals surface area (Å²) < 4.78 is 5.71. The van der Waals surface area contributed by atoms with Gasteiger partial charge in [0.2, 0.25) is 0 Å². The maximum absolute atomic E-state index is 12.0. The van der Waals surface area contributed by atoms with Gasteiger partial charge in [0.1, 0.15) is 5.75 Å². The molecule has 138 valence electrons. The molecule has 3 aromatic rings. The highest BCUT2D eigenvalue weighted by Crippen LogP contribution is 2.21. The Morgan fingerprint density at radius 2 is 1.85 bits per heavy atom. The highest BCUT2D eigenvalue weighted by Gasteiger charge is 2.07. The van der Waals surface area contributed by atoms with Crippen LogP contribution in [0.1, 0.15) is 28.1 Å². The van der Waals surface area contributed by atoms with Gasteiger partial charge < -0.3 is 9.72 Å². The first-order valence-electron chi connectivity index (χ1n) is 8.84. The monoisotopic (exact) mass is 361 g/mol. The van der Waals surface area contributed by atoms with Gasteiger partial charge in [0.25, 0.3) is 5.91 Å². The topological polar surface area (TPSA) is 66.5 Å². The van der Waals surface area contributed by atoms with E-state index in [1.54, 1.807) is 6.21 Å². The number of ether oxygens (including phenoxy) is 1. The van der Waals surface area contributed by atoms with Crippen LogP contribution in [0.5, 0.6) is 5.75 Å². The average molecular weight is 361 g/mol. The van der Waals surface area contributed by atoms with Gasteiger partial charge in [-0.3, -0.25) is 4.79 Å². The molecule has 0 saturated carbocycles. The molecule has 5 nitrogen and oxygen atoms in total. The Bertz CT molecular complexity index is 930. The molecule has 2 N–H and O–H groups in total. The van der Waals surface area contributed by atoms with Crippen molar-refractivity contribution >= 4 is 12.1 Å². The number of nitrogens with zero attached hydrogens (tertiary/aromatic N) is 1. The lowest BCUT2D eigenvalue weighted by Crippen LogP contribution is -2.24. The highest BCUT2D eigenvalue weighted by molar-refractivity contribution is 5.84. The van der Waals surface area contributed by atoms with Gasteiger partial charge >= 0.3 is 0 Å². The molecule has 0 spiro atoms. The third-order valence-electron chi connectivity index (χ3n) is 4.15. The van der Waals surface area contributed by atoms with Crippen LogP contribution in [0.3, 0.4) is 0 Å². The number of hydrazone groups is 1. The number of aromatic nitrogens is 1. The summed E-state index contributed by atoms with van der Waals surface area (Å²) in [4.78, 5) is 15.2. The quantitative estimate of drug-likeness (QED) is 0.497. The molecule has 0 fully saturated rings. The number of carbonyl (C=O) groups is 1. The van der Waals surface area contributed by atoms with E-state index in [4.69, 9.17) is 4.74 Å². The van der Waals surface area contributed by atoms with Crippen LogP contribution in [0, 0.1) is 13.8 Å². The van der Waals surface area contributed by atoms with Gasteiger partial charge in [-0.1, -0.05) is 48.5 Å². The predicted molar refractivity (Wildman–Crippen MR) is 107 cm³/mol. The molecule has 2 aromatic carbocycles. The zero-order chi connectivity index (χ0) is 19.1. The van der Waals surface area contributed by atoms with Crippen LogP contribution < -0.4 is 10.2 Å². The van der Waals surface area contributed by atoms with E-state index in [0.29, 0.717) is 5.75 Å². The molecular weight excluding hydrogens is 338 g/mol. The molecule has 0 saturated heterocycles. The van der Waals surface area contributed by atoms with Crippen molar-refractivity contribution in [2.75, 3.05) is 6.61 Å². The zero-order valence-electron chi connectivity index (χ0n) is 15.5. The number of hydrogen-bond acceptors (Lipinski definition) is 3. The lowest BCUT2D eigenvalue weighted by Gasteiger charge is -2.11. The SMILES string of the molecule is Cc1cc(/C=N/NC(=O)COc2ccccc2Cc2ccccc2)c(C)[nH]1. The molecule has 1 heterocycles. The molecule has 0 aliphatic heterocycles. The van der Waals surface area contributed by atoms with Crippen molar-refractivity contribution in [3.8, 4) is 5.75 Å². The summed E-state index contributed by atoms with van der Waals surface area (Å²) in [6.45, 7) is 3.85. The number of hydrogen-bond donors (Lipinski definition) is 2. The van der Waals surface area contributed by atoms with Gasteiger partial charge in [0.05, 0.1) is 6.21 Å². The maximum atomic E-state index is 12.0. The molecule has 1 amide bonds. The summed E-state index contributed by atoms with van der Waals surface area (Å²) in [6, 6.07) is 19.9. The second-order valence-corrected chi connectivity index (χ2v) is 6.38. The third kappa shape index (κ3) is 5.31. The normalized spacial score (nSPS) is 10.9. The Morgan fingerprint density at radius 1 is 1.11 bits per heavy atom. The standard InChI is InChI=1S/C22H23N3O2/c1-16-12-20(17(2)24-16)14-23-25-22(26)15-27-21-11-7-6-10-19(21)13-18-8-4-3-5-9-18/h3-12,14,24H,13,15H2,1-2H3,(H,25,26)/b23-14+. The highest BCUT2D eigenvalue weighted by atomic mass is 16.5. The zero-order valence-corrected chi connectivity index (χ0v) is 15.5. The van der Waals surface area contributed by atoms with Crippen LogP contribution in [0.2, 0.25) is 0 Å². The minimum Gasteiger partial charge on any atom is -0.483 e. The molecule has 0 unspecified atom stereocenters. The number of amides is 1. The van der Waals surface area contributed by atoms with E-state index in [1.807, 2.05) is 62.4 Å². The molecule has 0 aliphatic rings. The van der Waals surface area contributed by atoms with Gasteiger partial charge in [-0.2, -0.15) is 5.10 Å². The van der Waals surface area contributed by atoms with Crippen molar-refractivity contribution < 1.29 is 9.53 Å². The van der Waals surface area contributed by atoms with E-state index in [0.717, 1.165) is 28.9 Å². The van der Waals surface area contributed by atoms with Crippen molar-refractivity contribution in [1.29, 1.82) is 0 Å². The average Bonchev–Trinajstić information content (AvgIpc) is 2.99. The Morgan fingerprint density at radius 3 is 2.59 bits per heavy atom. The fraction of sp³-hybridized carbons (Fsp3) is 0.182. The summed E-state index contributed by atoms with van der Waals surface area (Å²) in [5, 5.41) is 3.99. The van der Waals surface area contributed by atoms with Crippen molar-refractivity contribution in [2.24, 2.45) is 5.10 Å². The van der Waals surface area contributed by atoms with Crippen molar-refractivity contribution in [2.45, 2.75) is 20.3 Å². The van der Waals surface area contributed by atoms with Crippen LogP contribution in [0.25, 0.3) is 0 Å². The Hall–Kier alpha value is -3.34. The first-order valence-corrected chi connectivity index (χ1v) is 8.84. The number of carbonyl (C=O) groups excluding carboxylic acids is 1. The number of aromatic amines is 1. The van der Waals surface area contributed by atoms with E-state index in [-0.39, 0.29) is 12.5 Å². The second-order valence-electron chi connectivity index (χ2n) is 6.38. The van der Waals surface area contributed by atoms with Gasteiger partial charge in [-0.25, -0.2) is 5.43 Å². The predicted octanol–water partition coefficient (Wildman–Crippen LogP) is 3.75. The number of para-hydroxylation sites is 1. The third-order valence-corrected chi connectivity index (χ3v) is 4.15. The summed E-state index contributed by atoms with van der Waals surface area (Å²) >= 11 is 0. The van der Waals surface area contributed by atoms with Crippen molar-refractivity contribution in [1.82, 2.24) is 10.4 Å². The largest absolute Gasteiger partial charge is 0.483 e. The Labute approximate surface area is 159 Å². The minimum atomic E-state index is -0.300. The van der Waals surface area contributed by atoms with E-state index in [1.165, 1.54) is 5.56 Å². The van der Waals surface area contributed by atoms with E-state index in [9.17, 15) is 4.79 Å². The molecule has 0 bridgehead atoms. The second kappa shape index (κ2) is 8.85. The van der Waals surface area contributed by atoms with E-state index in [2.05, 4.69) is 27.6 Å². The Balaban J connectivity index is 1.55. The fourth-order valence-electron chi connectivity index (χ4n) is 2.84. The van der Waals surface area contributed by atoms with Crippen molar-refractivity contribution in [3.63, 3.8) is 0 Å². The van der Waals surface area contributed by atoms with Gasteiger partial charge in [-0.05, 0) is 37.1 Å². The van der Waals surface area contributed by atoms with Crippen LogP contribution in [-0.4, -0.2) is 23.7 Å². The molecule has 1 aromatic heterocycles. The van der Waals surface area contributed by atoms with Gasteiger partial charge in [0, 0.05) is 23.4 Å². The summed E-state index contributed by atoms with van der Waals surface area (Å²) in [6.07, 6.45) is 2.38. The molecule has 0 radical (unpaired) electrons. The number of aryl methyl sites for hydroxylation is 2. The number of nitrogens with one attached hydrogen (secondary N) is 2. The fourth-order valence-corrected chi connectivity index (χ4v) is 2.84. The number of benzene rings is 2. The number of rotatable bonds is 7. The lowest BCUT2D eigenvalue weighted by atomic mass is 10.0. The van der Waals surface area contributed by atoms with Crippen molar-refractivity contribution in [3.05, 3.63) is 88.7 Å². The molecule has 5 heteroatoms. The summed E-state index contributed by atoms with van der Waals surface area (Å²) in [5.41, 5.74) is 7.74. The summed E-state index contributed by atoms with van der Waals surface area (Å²) in [5.74, 6) is 0.406. The van der Waals surface area contributed by atoms with E-state index >= 15 is 0 Å². The van der Waals surface area contributed by atoms with E-state index < -0.39 is 0 Å². The van der Waals surface area contributed by atoms with Gasteiger partial charge in [-0.15, -0.1) is 0 Å². The molecule has 3 rings (SSSR count). The molecule has 0 aliphatic carbocycles. The lowest BCUT2D eigenvalue weighted by molar-refractivity contribution is -0.123. The van der Waals surface area contributed by atoms with Crippen LogP contribution in [0.4, 0.5) is 0 Å². The molecular formula is C22H23N3O2. The first-order chi connectivity index (χ1) is 13.1. The Kier molecular flexibility index (Phi) is 6.05. The number of H-pyrrole nitrogens is 1.